The lowest BCUT2D eigenvalue weighted by molar-refractivity contribution is -0.274. The fourth-order valence-corrected chi connectivity index (χ4v) is 1.65. The van der Waals surface area contributed by atoms with Crippen LogP contribution in [0.5, 0.6) is 5.75 Å². The second kappa shape index (κ2) is 6.64. The Bertz CT molecular complexity index is 346. The van der Waals surface area contributed by atoms with Crippen molar-refractivity contribution in [3.63, 3.8) is 0 Å². The molecule has 0 aliphatic carbocycles. The first kappa shape index (κ1) is 14.8. The second-order valence-electron chi connectivity index (χ2n) is 4.13. The minimum Gasteiger partial charge on any atom is -0.406 e. The molecule has 0 heterocycles. The smallest absolute Gasteiger partial charge is 0.406 e. The average molecular weight is 262 g/mol. The highest BCUT2D eigenvalue weighted by atomic mass is 19.4. The molecular formula is C13H17F3O2. The minimum absolute atomic E-state index is 0.271. The summed E-state index contributed by atoms with van der Waals surface area (Å²) in [6.07, 6.45) is -1.69. The largest absolute Gasteiger partial charge is 0.573 e. The van der Waals surface area contributed by atoms with Crippen LogP contribution in [0.25, 0.3) is 0 Å². The summed E-state index contributed by atoms with van der Waals surface area (Å²) in [5.41, 5.74) is 0.612. The van der Waals surface area contributed by atoms with Crippen LogP contribution >= 0.6 is 0 Å². The summed E-state index contributed by atoms with van der Waals surface area (Å²) in [6.45, 7) is 2.07. The standard InChI is InChI=1S/C13H17F3O2/c1-2-3-4-5-12(17)10-6-8-11(9-7-10)18-13(14,15)16/h6-9,12,17H,2-5H2,1H3. The van der Waals surface area contributed by atoms with E-state index in [4.69, 9.17) is 0 Å². The molecule has 0 spiro atoms. The van der Waals surface area contributed by atoms with Gasteiger partial charge in [-0.2, -0.15) is 0 Å². The summed E-state index contributed by atoms with van der Waals surface area (Å²) in [6, 6.07) is 5.34. The Balaban J connectivity index is 2.54. The van der Waals surface area contributed by atoms with Gasteiger partial charge >= 0.3 is 6.36 Å². The molecule has 18 heavy (non-hydrogen) atoms. The van der Waals surface area contributed by atoms with Crippen molar-refractivity contribution in [3.05, 3.63) is 29.8 Å². The fourth-order valence-electron chi connectivity index (χ4n) is 1.65. The summed E-state index contributed by atoms with van der Waals surface area (Å²) in [5.74, 6) is -0.271. The summed E-state index contributed by atoms with van der Waals surface area (Å²) < 4.78 is 39.6. The molecule has 1 unspecified atom stereocenters. The number of hydrogen-bond donors (Lipinski definition) is 1. The number of aliphatic hydroxyl groups is 1. The van der Waals surface area contributed by atoms with Crippen molar-refractivity contribution in [3.8, 4) is 5.75 Å². The number of benzene rings is 1. The van der Waals surface area contributed by atoms with E-state index in [-0.39, 0.29) is 5.75 Å². The van der Waals surface area contributed by atoms with Crippen LogP contribution in [0.1, 0.15) is 44.3 Å². The monoisotopic (exact) mass is 262 g/mol. The van der Waals surface area contributed by atoms with Crippen LogP contribution in [0.2, 0.25) is 0 Å². The predicted molar refractivity (Wildman–Crippen MR) is 62.2 cm³/mol. The molecule has 102 valence electrons. The molecule has 0 saturated carbocycles. The van der Waals surface area contributed by atoms with Crippen molar-refractivity contribution >= 4 is 0 Å². The molecule has 0 aliphatic heterocycles. The Morgan fingerprint density at radius 2 is 1.78 bits per heavy atom. The number of rotatable bonds is 6. The summed E-state index contributed by atoms with van der Waals surface area (Å²) in [5, 5.41) is 9.81. The van der Waals surface area contributed by atoms with Gasteiger partial charge in [0.2, 0.25) is 0 Å². The normalized spacial score (nSPS) is 13.4. The van der Waals surface area contributed by atoms with E-state index < -0.39 is 12.5 Å². The molecule has 1 N–H and O–H groups in total. The third-order valence-corrected chi connectivity index (χ3v) is 2.58. The van der Waals surface area contributed by atoms with E-state index in [1.807, 2.05) is 0 Å². The number of aliphatic hydroxyl groups excluding tert-OH is 1. The van der Waals surface area contributed by atoms with E-state index in [1.165, 1.54) is 24.3 Å². The Labute approximate surface area is 104 Å². The maximum absolute atomic E-state index is 11.9. The lowest BCUT2D eigenvalue weighted by atomic mass is 10.0. The number of ether oxygens (including phenoxy) is 1. The molecule has 1 aromatic carbocycles. The quantitative estimate of drug-likeness (QED) is 0.778. The van der Waals surface area contributed by atoms with Gasteiger partial charge in [0.05, 0.1) is 6.10 Å². The highest BCUT2D eigenvalue weighted by Crippen LogP contribution is 2.26. The zero-order valence-electron chi connectivity index (χ0n) is 10.2. The van der Waals surface area contributed by atoms with Gasteiger partial charge in [-0.3, -0.25) is 0 Å². The van der Waals surface area contributed by atoms with Crippen molar-refractivity contribution in [2.75, 3.05) is 0 Å². The molecule has 5 heteroatoms. The van der Waals surface area contributed by atoms with Gasteiger partial charge in [-0.05, 0) is 24.1 Å². The molecule has 0 aromatic heterocycles. The number of alkyl halides is 3. The molecule has 1 aromatic rings. The Kier molecular flexibility index (Phi) is 5.47. The third kappa shape index (κ3) is 5.40. The van der Waals surface area contributed by atoms with Gasteiger partial charge in [-0.15, -0.1) is 13.2 Å². The molecule has 0 aliphatic rings. The SMILES string of the molecule is CCCCCC(O)c1ccc(OC(F)(F)F)cc1. The lowest BCUT2D eigenvalue weighted by Crippen LogP contribution is -2.17. The zero-order valence-corrected chi connectivity index (χ0v) is 10.2. The van der Waals surface area contributed by atoms with E-state index in [0.717, 1.165) is 19.3 Å². The fraction of sp³-hybridized carbons (Fsp3) is 0.538. The van der Waals surface area contributed by atoms with Gasteiger partial charge in [0, 0.05) is 0 Å². The first-order chi connectivity index (χ1) is 8.42. The van der Waals surface area contributed by atoms with Crippen LogP contribution in [0.4, 0.5) is 13.2 Å². The molecule has 0 radical (unpaired) electrons. The van der Waals surface area contributed by atoms with Crippen LogP contribution in [-0.2, 0) is 0 Å². The van der Waals surface area contributed by atoms with Crippen molar-refractivity contribution in [2.45, 2.75) is 45.1 Å². The molecule has 0 bridgehead atoms. The van der Waals surface area contributed by atoms with E-state index in [0.29, 0.717) is 12.0 Å². The minimum atomic E-state index is -4.68. The van der Waals surface area contributed by atoms with Crippen LogP contribution in [0, 0.1) is 0 Å². The molecular weight excluding hydrogens is 245 g/mol. The molecule has 0 fully saturated rings. The van der Waals surface area contributed by atoms with Crippen molar-refractivity contribution in [1.29, 1.82) is 0 Å². The first-order valence-electron chi connectivity index (χ1n) is 5.96. The first-order valence-corrected chi connectivity index (χ1v) is 5.96. The summed E-state index contributed by atoms with van der Waals surface area (Å²) in [7, 11) is 0. The highest BCUT2D eigenvalue weighted by Gasteiger charge is 2.31. The lowest BCUT2D eigenvalue weighted by Gasteiger charge is -2.12. The third-order valence-electron chi connectivity index (χ3n) is 2.58. The van der Waals surface area contributed by atoms with E-state index in [9.17, 15) is 18.3 Å². The van der Waals surface area contributed by atoms with Gasteiger partial charge in [-0.1, -0.05) is 38.3 Å². The summed E-state index contributed by atoms with van der Waals surface area (Å²) >= 11 is 0. The molecule has 1 rings (SSSR count). The van der Waals surface area contributed by atoms with Gasteiger partial charge in [0.15, 0.2) is 0 Å². The zero-order chi connectivity index (χ0) is 13.6. The maximum Gasteiger partial charge on any atom is 0.573 e. The topological polar surface area (TPSA) is 29.5 Å². The van der Waals surface area contributed by atoms with Crippen LogP contribution < -0.4 is 4.74 Å². The number of halogens is 3. The van der Waals surface area contributed by atoms with Crippen molar-refractivity contribution < 1.29 is 23.0 Å². The molecule has 0 saturated heterocycles. The molecule has 2 nitrogen and oxygen atoms in total. The van der Waals surface area contributed by atoms with E-state index in [1.54, 1.807) is 0 Å². The highest BCUT2D eigenvalue weighted by molar-refractivity contribution is 5.28. The maximum atomic E-state index is 11.9. The molecule has 0 amide bonds. The second-order valence-corrected chi connectivity index (χ2v) is 4.13. The average Bonchev–Trinajstić information content (AvgIpc) is 2.28. The van der Waals surface area contributed by atoms with Gasteiger partial charge < -0.3 is 9.84 Å². The molecule has 1 atom stereocenters. The number of unbranched alkanes of at least 4 members (excludes halogenated alkanes) is 2. The van der Waals surface area contributed by atoms with Crippen molar-refractivity contribution in [1.82, 2.24) is 0 Å². The van der Waals surface area contributed by atoms with Crippen molar-refractivity contribution in [2.24, 2.45) is 0 Å². The summed E-state index contributed by atoms with van der Waals surface area (Å²) in [4.78, 5) is 0. The number of hydrogen-bond acceptors (Lipinski definition) is 2. The van der Waals surface area contributed by atoms with E-state index >= 15 is 0 Å². The van der Waals surface area contributed by atoms with Gasteiger partial charge in [-0.25, -0.2) is 0 Å². The van der Waals surface area contributed by atoms with Gasteiger partial charge in [0.1, 0.15) is 5.75 Å². The van der Waals surface area contributed by atoms with Crippen LogP contribution in [0.3, 0.4) is 0 Å². The Hall–Kier alpha value is -1.23. The Morgan fingerprint density at radius 1 is 1.17 bits per heavy atom. The van der Waals surface area contributed by atoms with Crippen LogP contribution in [0.15, 0.2) is 24.3 Å². The van der Waals surface area contributed by atoms with E-state index in [2.05, 4.69) is 11.7 Å². The Morgan fingerprint density at radius 3 is 2.28 bits per heavy atom. The van der Waals surface area contributed by atoms with Crippen LogP contribution in [-0.4, -0.2) is 11.5 Å². The van der Waals surface area contributed by atoms with Gasteiger partial charge in [0.25, 0.3) is 0 Å². The predicted octanol–water partition coefficient (Wildman–Crippen LogP) is 4.20.